The molecule has 2 aromatic carbocycles. The molecule has 0 spiro atoms. The molecule has 6 heteroatoms. The summed E-state index contributed by atoms with van der Waals surface area (Å²) >= 11 is 0. The Morgan fingerprint density at radius 1 is 1.04 bits per heavy atom. The Kier molecular flexibility index (Phi) is 4.69. The predicted molar refractivity (Wildman–Crippen MR) is 84.0 cm³/mol. The zero-order valence-electron chi connectivity index (χ0n) is 12.7. The Balaban J connectivity index is 1.83. The average molecular weight is 330 g/mol. The Hall–Kier alpha value is -2.57. The number of halogens is 2. The molecule has 0 amide bonds. The van der Waals surface area contributed by atoms with Crippen LogP contribution in [0.15, 0.2) is 60.9 Å². The van der Waals surface area contributed by atoms with Gasteiger partial charge in [-0.05, 0) is 11.6 Å². The molecule has 3 rings (SSSR count). The number of hydrogen-bond acceptors (Lipinski definition) is 3. The highest BCUT2D eigenvalue weighted by molar-refractivity contribution is 5.24. The van der Waals surface area contributed by atoms with Crippen molar-refractivity contribution < 1.29 is 19.0 Å². The van der Waals surface area contributed by atoms with E-state index in [2.05, 4.69) is 4.98 Å². The smallest absolute Gasteiger partial charge is 0.142 e. The summed E-state index contributed by atoms with van der Waals surface area (Å²) in [5.41, 5.74) is 0.651. The van der Waals surface area contributed by atoms with Gasteiger partial charge in [0.1, 0.15) is 23.6 Å². The summed E-state index contributed by atoms with van der Waals surface area (Å²) in [6, 6.07) is 12.0. The number of hydrogen-bond donors (Lipinski definition) is 2. The lowest BCUT2D eigenvalue weighted by Gasteiger charge is -2.17. The number of aliphatic hydroxyl groups excluding tert-OH is 2. The van der Waals surface area contributed by atoms with Gasteiger partial charge in [-0.25, -0.2) is 13.8 Å². The summed E-state index contributed by atoms with van der Waals surface area (Å²) in [7, 11) is 0. The number of nitrogens with zero attached hydrogens (tertiary/aromatic N) is 2. The monoisotopic (exact) mass is 330 g/mol. The molecule has 0 bridgehead atoms. The molecule has 4 nitrogen and oxygen atoms in total. The van der Waals surface area contributed by atoms with E-state index in [0.29, 0.717) is 11.4 Å². The lowest BCUT2D eigenvalue weighted by atomic mass is 10.1. The molecular weight excluding hydrogens is 314 g/mol. The fourth-order valence-corrected chi connectivity index (χ4v) is 2.56. The summed E-state index contributed by atoms with van der Waals surface area (Å²) < 4.78 is 28.3. The summed E-state index contributed by atoms with van der Waals surface area (Å²) in [6.45, 7) is -0.0121. The highest BCUT2D eigenvalue weighted by Gasteiger charge is 2.20. The maximum absolute atomic E-state index is 13.8. The van der Waals surface area contributed by atoms with Crippen molar-refractivity contribution in [2.75, 3.05) is 0 Å². The third kappa shape index (κ3) is 3.34. The molecule has 2 N–H and O–H groups in total. The van der Waals surface area contributed by atoms with E-state index in [1.165, 1.54) is 12.3 Å². The zero-order chi connectivity index (χ0) is 17.1. The van der Waals surface area contributed by atoms with Crippen molar-refractivity contribution in [3.63, 3.8) is 0 Å². The molecule has 0 unspecified atom stereocenters. The molecule has 0 aliphatic carbocycles. The normalized spacial score (nSPS) is 13.7. The molecule has 0 saturated carbocycles. The number of imidazole rings is 1. The molecule has 1 heterocycles. The van der Waals surface area contributed by atoms with Crippen LogP contribution in [0.5, 0.6) is 0 Å². The van der Waals surface area contributed by atoms with Crippen molar-refractivity contribution in [3.05, 3.63) is 89.5 Å². The van der Waals surface area contributed by atoms with E-state index < -0.39 is 23.8 Å². The van der Waals surface area contributed by atoms with Gasteiger partial charge in [-0.3, -0.25) is 0 Å². The van der Waals surface area contributed by atoms with Crippen LogP contribution < -0.4 is 0 Å². The van der Waals surface area contributed by atoms with Gasteiger partial charge in [-0.15, -0.1) is 0 Å². The predicted octanol–water partition coefficient (Wildman–Crippen LogP) is 2.98. The van der Waals surface area contributed by atoms with E-state index in [0.717, 1.165) is 12.1 Å². The van der Waals surface area contributed by atoms with Crippen LogP contribution in [-0.2, 0) is 6.54 Å². The quantitative estimate of drug-likeness (QED) is 0.756. The van der Waals surface area contributed by atoms with Gasteiger partial charge in [0.25, 0.3) is 0 Å². The third-order valence-corrected chi connectivity index (χ3v) is 3.80. The van der Waals surface area contributed by atoms with E-state index in [1.807, 2.05) is 6.07 Å². The van der Waals surface area contributed by atoms with E-state index in [1.54, 1.807) is 35.0 Å². The van der Waals surface area contributed by atoms with Gasteiger partial charge in [0.2, 0.25) is 0 Å². The molecule has 0 aliphatic heterocycles. The highest BCUT2D eigenvalue weighted by Crippen LogP contribution is 2.24. The van der Waals surface area contributed by atoms with Crippen LogP contribution in [0.1, 0.15) is 29.2 Å². The van der Waals surface area contributed by atoms with Gasteiger partial charge in [-0.2, -0.15) is 0 Å². The Labute approximate surface area is 137 Å². The van der Waals surface area contributed by atoms with Gasteiger partial charge in [0.05, 0.1) is 12.6 Å². The minimum Gasteiger partial charge on any atom is -0.386 e. The molecule has 0 fully saturated rings. The van der Waals surface area contributed by atoms with Crippen LogP contribution in [0, 0.1) is 11.6 Å². The van der Waals surface area contributed by atoms with Crippen LogP contribution in [0.4, 0.5) is 8.78 Å². The summed E-state index contributed by atoms with van der Waals surface area (Å²) in [5.74, 6) is -1.18. The second kappa shape index (κ2) is 6.90. The Morgan fingerprint density at radius 2 is 1.79 bits per heavy atom. The summed E-state index contributed by atoms with van der Waals surface area (Å²) in [6.07, 6.45) is 0.925. The molecule has 0 aliphatic rings. The Morgan fingerprint density at radius 3 is 2.50 bits per heavy atom. The van der Waals surface area contributed by atoms with Crippen molar-refractivity contribution in [2.24, 2.45) is 0 Å². The molecular formula is C18H16F2N2O2. The zero-order valence-corrected chi connectivity index (χ0v) is 12.7. The third-order valence-electron chi connectivity index (χ3n) is 3.80. The minimum atomic E-state index is -1.19. The van der Waals surface area contributed by atoms with E-state index in [9.17, 15) is 19.0 Å². The average Bonchev–Trinajstić information content (AvgIpc) is 3.03. The minimum absolute atomic E-state index is 0.00903. The molecule has 3 aromatic rings. The number of rotatable bonds is 5. The van der Waals surface area contributed by atoms with Crippen molar-refractivity contribution in [2.45, 2.75) is 18.8 Å². The first-order chi connectivity index (χ1) is 11.6. The fraction of sp³-hybridized carbons (Fsp3) is 0.167. The lowest BCUT2D eigenvalue weighted by Crippen LogP contribution is -2.15. The maximum Gasteiger partial charge on any atom is 0.142 e. The van der Waals surface area contributed by atoms with E-state index in [4.69, 9.17) is 0 Å². The van der Waals surface area contributed by atoms with Crippen molar-refractivity contribution in [1.29, 1.82) is 0 Å². The van der Waals surface area contributed by atoms with Gasteiger partial charge in [0.15, 0.2) is 0 Å². The van der Waals surface area contributed by atoms with Crippen LogP contribution >= 0.6 is 0 Å². The van der Waals surface area contributed by atoms with Crippen molar-refractivity contribution >= 4 is 0 Å². The first kappa shape index (κ1) is 16.3. The van der Waals surface area contributed by atoms with Crippen molar-refractivity contribution in [3.8, 4) is 0 Å². The molecule has 0 radical (unpaired) electrons. The highest BCUT2D eigenvalue weighted by atomic mass is 19.1. The lowest BCUT2D eigenvalue weighted by molar-refractivity contribution is 0.143. The number of benzene rings is 2. The van der Waals surface area contributed by atoms with Crippen LogP contribution in [0.3, 0.4) is 0 Å². The number of aromatic nitrogens is 2. The van der Waals surface area contributed by atoms with E-state index >= 15 is 0 Å². The SMILES string of the molecule is O[C@@H](c1ccccc1)c1nccn1C[C@H](O)c1ccc(F)cc1F. The fourth-order valence-electron chi connectivity index (χ4n) is 2.56. The maximum atomic E-state index is 13.8. The molecule has 24 heavy (non-hydrogen) atoms. The van der Waals surface area contributed by atoms with Crippen LogP contribution in [0.25, 0.3) is 0 Å². The molecule has 0 saturated heterocycles. The first-order valence-electron chi connectivity index (χ1n) is 7.43. The van der Waals surface area contributed by atoms with E-state index in [-0.39, 0.29) is 12.1 Å². The molecule has 2 atom stereocenters. The topological polar surface area (TPSA) is 58.3 Å². The standard InChI is InChI=1S/C18H16F2N2O2/c19-13-6-7-14(15(20)10-13)16(23)11-22-9-8-21-18(22)17(24)12-4-2-1-3-5-12/h1-10,16-17,23-24H,11H2/t16-,17-/m0/s1. The second-order valence-corrected chi connectivity index (χ2v) is 5.43. The summed E-state index contributed by atoms with van der Waals surface area (Å²) in [4.78, 5) is 4.12. The van der Waals surface area contributed by atoms with Gasteiger partial charge in [-0.1, -0.05) is 36.4 Å². The van der Waals surface area contributed by atoms with Gasteiger partial charge < -0.3 is 14.8 Å². The number of aliphatic hydroxyl groups is 2. The largest absolute Gasteiger partial charge is 0.386 e. The summed E-state index contributed by atoms with van der Waals surface area (Å²) in [5, 5.41) is 20.7. The molecule has 124 valence electrons. The van der Waals surface area contributed by atoms with Gasteiger partial charge >= 0.3 is 0 Å². The van der Waals surface area contributed by atoms with Crippen LogP contribution in [-0.4, -0.2) is 19.8 Å². The molecule has 1 aromatic heterocycles. The van der Waals surface area contributed by atoms with Crippen LogP contribution in [0.2, 0.25) is 0 Å². The Bertz CT molecular complexity index is 821. The first-order valence-corrected chi connectivity index (χ1v) is 7.43. The second-order valence-electron chi connectivity index (χ2n) is 5.43. The van der Waals surface area contributed by atoms with Crippen molar-refractivity contribution in [1.82, 2.24) is 9.55 Å². The van der Waals surface area contributed by atoms with Gasteiger partial charge in [0, 0.05) is 24.0 Å².